The van der Waals surface area contributed by atoms with E-state index in [2.05, 4.69) is 19.1 Å². The Morgan fingerprint density at radius 1 is 1.06 bits per heavy atom. The third-order valence-electron chi connectivity index (χ3n) is 6.48. The van der Waals surface area contributed by atoms with Gasteiger partial charge in [-0.2, -0.15) is 0 Å². The second-order valence-corrected chi connectivity index (χ2v) is 8.90. The first-order valence-electron chi connectivity index (χ1n) is 11.8. The predicted octanol–water partition coefficient (Wildman–Crippen LogP) is 5.05. The van der Waals surface area contributed by atoms with E-state index < -0.39 is 0 Å². The highest BCUT2D eigenvalue weighted by molar-refractivity contribution is 5.84. The number of methoxy groups -OCH3 is 1. The average Bonchev–Trinajstić information content (AvgIpc) is 2.82. The number of ether oxygens (including phenoxy) is 2. The van der Waals surface area contributed by atoms with Gasteiger partial charge in [0.2, 0.25) is 0 Å². The Bertz CT molecular complexity index is 1100. The van der Waals surface area contributed by atoms with E-state index in [4.69, 9.17) is 15.2 Å². The minimum Gasteiger partial charge on any atom is -0.497 e. The third-order valence-corrected chi connectivity index (χ3v) is 6.48. The molecule has 2 N–H and O–H groups in total. The van der Waals surface area contributed by atoms with E-state index in [1.807, 2.05) is 36.5 Å². The highest BCUT2D eigenvalue weighted by Gasteiger charge is 2.21. The molecule has 2 aromatic carbocycles. The van der Waals surface area contributed by atoms with E-state index in [1.54, 1.807) is 11.7 Å². The Hall–Kier alpha value is -2.79. The summed E-state index contributed by atoms with van der Waals surface area (Å²) in [6.45, 7) is 2.72. The fourth-order valence-corrected chi connectivity index (χ4v) is 4.47. The molecule has 0 bridgehead atoms. The van der Waals surface area contributed by atoms with E-state index >= 15 is 0 Å². The molecule has 3 aromatic rings. The fraction of sp³-hybridized carbons (Fsp3) is 0.444. The topological polar surface area (TPSA) is 66.5 Å². The van der Waals surface area contributed by atoms with E-state index in [0.29, 0.717) is 12.6 Å². The van der Waals surface area contributed by atoms with Crippen molar-refractivity contribution in [3.05, 3.63) is 70.1 Å². The van der Waals surface area contributed by atoms with Crippen molar-refractivity contribution in [3.63, 3.8) is 0 Å². The van der Waals surface area contributed by atoms with Gasteiger partial charge in [0, 0.05) is 17.6 Å². The Labute approximate surface area is 190 Å². The number of aryl methyl sites for hydroxylation is 1. The summed E-state index contributed by atoms with van der Waals surface area (Å²) in [5, 5.41) is 1.69. The molecule has 5 heteroatoms. The second-order valence-electron chi connectivity index (χ2n) is 8.90. The Morgan fingerprint density at radius 3 is 2.50 bits per heavy atom. The number of unbranched alkanes of at least 4 members (excludes halogenated alkanes) is 1. The first-order valence-corrected chi connectivity index (χ1v) is 11.8. The monoisotopic (exact) mass is 434 g/mol. The van der Waals surface area contributed by atoms with Crippen LogP contribution in [0.15, 0.2) is 53.5 Å². The zero-order valence-corrected chi connectivity index (χ0v) is 19.2. The summed E-state index contributed by atoms with van der Waals surface area (Å²) in [6.07, 6.45) is 9.20. The molecule has 1 aliphatic rings. The van der Waals surface area contributed by atoms with Gasteiger partial charge in [-0.25, -0.2) is 0 Å². The Kier molecular flexibility index (Phi) is 7.15. The molecule has 0 amide bonds. The van der Waals surface area contributed by atoms with Crippen LogP contribution in [0, 0.1) is 0 Å². The Morgan fingerprint density at radius 2 is 1.81 bits per heavy atom. The Balaban J connectivity index is 1.64. The van der Waals surface area contributed by atoms with Crippen LogP contribution in [0.5, 0.6) is 11.5 Å². The van der Waals surface area contributed by atoms with Crippen molar-refractivity contribution < 1.29 is 9.47 Å². The van der Waals surface area contributed by atoms with Crippen LogP contribution in [0.4, 0.5) is 0 Å². The number of nitrogens with zero attached hydrogens (tertiary/aromatic N) is 1. The first-order chi connectivity index (χ1) is 15.6. The van der Waals surface area contributed by atoms with Gasteiger partial charge in [-0.05, 0) is 85.4 Å². The van der Waals surface area contributed by atoms with E-state index in [-0.39, 0.29) is 11.7 Å². The van der Waals surface area contributed by atoms with E-state index in [1.165, 1.54) is 0 Å². The zero-order valence-electron chi connectivity index (χ0n) is 19.2. The quantitative estimate of drug-likeness (QED) is 0.539. The van der Waals surface area contributed by atoms with Gasteiger partial charge in [0.15, 0.2) is 0 Å². The van der Waals surface area contributed by atoms with Crippen molar-refractivity contribution in [2.24, 2.45) is 5.73 Å². The molecule has 170 valence electrons. The summed E-state index contributed by atoms with van der Waals surface area (Å²) >= 11 is 0. The van der Waals surface area contributed by atoms with Gasteiger partial charge in [0.05, 0.1) is 19.8 Å². The number of fused-ring (bicyclic) bond motifs is 1. The summed E-state index contributed by atoms with van der Waals surface area (Å²) < 4.78 is 13.5. The lowest BCUT2D eigenvalue weighted by Gasteiger charge is -2.28. The zero-order chi connectivity index (χ0) is 22.5. The van der Waals surface area contributed by atoms with Crippen LogP contribution in [-0.2, 0) is 13.0 Å². The van der Waals surface area contributed by atoms with Crippen LogP contribution >= 0.6 is 0 Å². The van der Waals surface area contributed by atoms with Crippen molar-refractivity contribution in [1.82, 2.24) is 4.57 Å². The number of aromatic nitrogens is 1. The molecule has 0 unspecified atom stereocenters. The molecule has 1 aliphatic carbocycles. The number of hydrogen-bond acceptors (Lipinski definition) is 4. The van der Waals surface area contributed by atoms with Gasteiger partial charge < -0.3 is 19.8 Å². The number of rotatable bonds is 8. The fourth-order valence-electron chi connectivity index (χ4n) is 4.47. The summed E-state index contributed by atoms with van der Waals surface area (Å²) in [6, 6.07) is 14.3. The molecule has 1 saturated carbocycles. The molecule has 1 fully saturated rings. The highest BCUT2D eigenvalue weighted by atomic mass is 16.5. The van der Waals surface area contributed by atoms with E-state index in [0.717, 1.165) is 78.3 Å². The molecule has 0 spiro atoms. The number of pyridine rings is 1. The maximum absolute atomic E-state index is 13.3. The second kappa shape index (κ2) is 10.2. The van der Waals surface area contributed by atoms with Crippen molar-refractivity contribution >= 4 is 10.8 Å². The van der Waals surface area contributed by atoms with Crippen LogP contribution in [-0.4, -0.2) is 23.8 Å². The first kappa shape index (κ1) is 22.4. The third kappa shape index (κ3) is 5.16. The lowest BCUT2D eigenvalue weighted by Crippen LogP contribution is -2.31. The molecule has 0 atom stereocenters. The van der Waals surface area contributed by atoms with Gasteiger partial charge in [-0.1, -0.05) is 25.5 Å². The van der Waals surface area contributed by atoms with Gasteiger partial charge in [-0.15, -0.1) is 0 Å². The SMILES string of the molecule is CCCCc1cc2c(=O)n(Cc3ccc(OC)cc3)ccc2cc1O[C@H]1CC[C@@H](N)CC1. The smallest absolute Gasteiger partial charge is 0.258 e. The molecular weight excluding hydrogens is 400 g/mol. The van der Waals surface area contributed by atoms with Crippen molar-refractivity contribution in [1.29, 1.82) is 0 Å². The van der Waals surface area contributed by atoms with Gasteiger partial charge >= 0.3 is 0 Å². The van der Waals surface area contributed by atoms with Gasteiger partial charge in [0.1, 0.15) is 11.5 Å². The van der Waals surface area contributed by atoms with Crippen molar-refractivity contribution in [3.8, 4) is 11.5 Å². The minimum atomic E-state index is 0.0336. The van der Waals surface area contributed by atoms with Crippen LogP contribution in [0.25, 0.3) is 10.8 Å². The molecule has 5 nitrogen and oxygen atoms in total. The molecule has 1 heterocycles. The summed E-state index contributed by atoms with van der Waals surface area (Å²) in [7, 11) is 1.65. The molecular formula is C27H34N2O3. The highest BCUT2D eigenvalue weighted by Crippen LogP contribution is 2.30. The maximum Gasteiger partial charge on any atom is 0.258 e. The van der Waals surface area contributed by atoms with Crippen LogP contribution < -0.4 is 20.8 Å². The molecule has 0 radical (unpaired) electrons. The van der Waals surface area contributed by atoms with Gasteiger partial charge in [0.25, 0.3) is 5.56 Å². The normalized spacial score (nSPS) is 18.6. The number of benzene rings is 2. The van der Waals surface area contributed by atoms with Crippen LogP contribution in [0.2, 0.25) is 0 Å². The molecule has 0 saturated heterocycles. The van der Waals surface area contributed by atoms with Crippen LogP contribution in [0.1, 0.15) is 56.6 Å². The van der Waals surface area contributed by atoms with Crippen molar-refractivity contribution in [2.75, 3.05) is 7.11 Å². The summed E-state index contributed by atoms with van der Waals surface area (Å²) in [5.41, 5.74) is 8.29. The molecule has 32 heavy (non-hydrogen) atoms. The van der Waals surface area contributed by atoms with E-state index in [9.17, 15) is 4.79 Å². The molecule has 1 aromatic heterocycles. The number of nitrogens with two attached hydrogens (primary N) is 1. The largest absolute Gasteiger partial charge is 0.497 e. The summed E-state index contributed by atoms with van der Waals surface area (Å²) in [4.78, 5) is 13.3. The minimum absolute atomic E-state index is 0.0336. The van der Waals surface area contributed by atoms with Gasteiger partial charge in [-0.3, -0.25) is 4.79 Å². The van der Waals surface area contributed by atoms with Crippen molar-refractivity contribution in [2.45, 2.75) is 70.6 Å². The van der Waals surface area contributed by atoms with Crippen LogP contribution in [0.3, 0.4) is 0 Å². The lowest BCUT2D eigenvalue weighted by atomic mass is 9.93. The molecule has 4 rings (SSSR count). The standard InChI is InChI=1S/C27H34N2O3/c1-3-4-5-21-16-25-20(17-26(21)32-24-12-8-22(28)9-13-24)14-15-29(27(25)30)18-19-6-10-23(31-2)11-7-19/h6-7,10-11,14-17,22,24H,3-5,8-9,12-13,18,28H2,1-2H3/t22-,24+. The lowest BCUT2D eigenvalue weighted by molar-refractivity contribution is 0.146. The average molecular weight is 435 g/mol. The number of hydrogen-bond donors (Lipinski definition) is 1. The molecule has 0 aliphatic heterocycles. The predicted molar refractivity (Wildman–Crippen MR) is 130 cm³/mol. The maximum atomic E-state index is 13.3. The summed E-state index contributed by atoms with van der Waals surface area (Å²) in [5.74, 6) is 1.74.